The fourth-order valence-electron chi connectivity index (χ4n) is 1.68. The Labute approximate surface area is 114 Å². The van der Waals surface area contributed by atoms with Gasteiger partial charge in [0.05, 0.1) is 17.4 Å². The van der Waals surface area contributed by atoms with Crippen molar-refractivity contribution >= 4 is 10.0 Å². The number of hydrogen-bond donors (Lipinski definition) is 1. The summed E-state index contributed by atoms with van der Waals surface area (Å²) < 4.78 is 25.7. The molecule has 1 N–H and O–H groups in total. The van der Waals surface area contributed by atoms with Crippen LogP contribution in [0.5, 0.6) is 0 Å². The average molecular weight is 281 g/mol. The van der Waals surface area contributed by atoms with Crippen LogP contribution in [0.1, 0.15) is 17.5 Å². The van der Waals surface area contributed by atoms with Gasteiger partial charge in [-0.15, -0.1) is 0 Å². The summed E-state index contributed by atoms with van der Waals surface area (Å²) in [7, 11) is 0.0285. The van der Waals surface area contributed by atoms with Gasteiger partial charge in [0.2, 0.25) is 10.0 Å². The summed E-state index contributed by atoms with van der Waals surface area (Å²) in [5.74, 6) is -0.132. The van der Waals surface area contributed by atoms with E-state index in [1.165, 1.54) is 4.31 Å². The Kier molecular flexibility index (Phi) is 5.96. The molecule has 0 aliphatic heterocycles. The Morgan fingerprint density at radius 1 is 1.37 bits per heavy atom. The third kappa shape index (κ3) is 4.63. The van der Waals surface area contributed by atoms with Crippen molar-refractivity contribution in [3.63, 3.8) is 0 Å². The molecule has 0 fully saturated rings. The normalized spacial score (nSPS) is 11.5. The monoisotopic (exact) mass is 281 g/mol. The Hall–Kier alpha value is -1.42. The van der Waals surface area contributed by atoms with Crippen LogP contribution < -0.4 is 5.32 Å². The van der Waals surface area contributed by atoms with Gasteiger partial charge < -0.3 is 5.32 Å². The molecule has 19 heavy (non-hydrogen) atoms. The first-order valence-corrected chi connectivity index (χ1v) is 7.69. The van der Waals surface area contributed by atoms with Gasteiger partial charge >= 0.3 is 0 Å². The van der Waals surface area contributed by atoms with Gasteiger partial charge in [0, 0.05) is 13.6 Å². The third-order valence-corrected chi connectivity index (χ3v) is 4.66. The number of hydrogen-bond acceptors (Lipinski definition) is 4. The first-order chi connectivity index (χ1) is 9.01. The summed E-state index contributed by atoms with van der Waals surface area (Å²) in [5, 5.41) is 11.9. The van der Waals surface area contributed by atoms with Gasteiger partial charge in [-0.05, 0) is 31.6 Å². The molecule has 1 aromatic carbocycles. The lowest BCUT2D eigenvalue weighted by Crippen LogP contribution is -2.30. The van der Waals surface area contributed by atoms with Gasteiger partial charge in [-0.2, -0.15) is 5.26 Å². The molecule has 0 atom stereocenters. The lowest BCUT2D eigenvalue weighted by atomic mass is 10.1. The fraction of sp³-hybridized carbons (Fsp3) is 0.462. The van der Waals surface area contributed by atoms with Crippen molar-refractivity contribution in [2.75, 3.05) is 27.2 Å². The van der Waals surface area contributed by atoms with Gasteiger partial charge in [-0.1, -0.05) is 18.2 Å². The molecule has 5 nitrogen and oxygen atoms in total. The van der Waals surface area contributed by atoms with Crippen LogP contribution in [-0.4, -0.2) is 39.9 Å². The maximum absolute atomic E-state index is 12.2. The van der Waals surface area contributed by atoms with Crippen molar-refractivity contribution in [2.45, 2.75) is 12.2 Å². The number of benzene rings is 1. The molecule has 0 aliphatic carbocycles. The zero-order chi connectivity index (χ0) is 14.3. The van der Waals surface area contributed by atoms with E-state index in [2.05, 4.69) is 5.32 Å². The molecule has 0 bridgehead atoms. The maximum atomic E-state index is 12.2. The minimum atomic E-state index is -3.37. The predicted molar refractivity (Wildman–Crippen MR) is 75.0 cm³/mol. The molecule has 0 unspecified atom stereocenters. The number of rotatable bonds is 7. The quantitative estimate of drug-likeness (QED) is 0.755. The minimum Gasteiger partial charge on any atom is -0.320 e. The van der Waals surface area contributed by atoms with Crippen LogP contribution in [0, 0.1) is 11.3 Å². The van der Waals surface area contributed by atoms with E-state index in [0.29, 0.717) is 17.7 Å². The Morgan fingerprint density at radius 2 is 2.05 bits per heavy atom. The summed E-state index contributed by atoms with van der Waals surface area (Å²) in [6.45, 7) is 1.24. The summed E-state index contributed by atoms with van der Waals surface area (Å²) in [6.07, 6.45) is 0.756. The van der Waals surface area contributed by atoms with E-state index in [1.54, 1.807) is 31.3 Å². The van der Waals surface area contributed by atoms with Crippen LogP contribution in [0.25, 0.3) is 0 Å². The lowest BCUT2D eigenvalue weighted by Gasteiger charge is -2.17. The molecule has 0 aliphatic rings. The number of nitrogens with zero attached hydrogens (tertiary/aromatic N) is 2. The minimum absolute atomic E-state index is 0.132. The zero-order valence-electron chi connectivity index (χ0n) is 11.3. The standard InChI is InChI=1S/C13H19N3O2S/c1-15-8-5-9-16(2)19(17,18)11-13-7-4-3-6-12(13)10-14/h3-4,6-7,15H,5,8-9,11H2,1-2H3. The van der Waals surface area contributed by atoms with E-state index in [-0.39, 0.29) is 5.75 Å². The molecule has 0 saturated carbocycles. The summed E-state index contributed by atoms with van der Waals surface area (Å²) in [6, 6.07) is 8.80. The van der Waals surface area contributed by atoms with Crippen molar-refractivity contribution in [3.05, 3.63) is 35.4 Å². The number of sulfonamides is 1. The van der Waals surface area contributed by atoms with Gasteiger partial charge in [0.1, 0.15) is 0 Å². The van der Waals surface area contributed by atoms with Crippen LogP contribution in [0.15, 0.2) is 24.3 Å². The second-order valence-corrected chi connectivity index (χ2v) is 6.38. The molecule has 0 heterocycles. The van der Waals surface area contributed by atoms with Crippen LogP contribution in [0.4, 0.5) is 0 Å². The molecule has 104 valence electrons. The zero-order valence-corrected chi connectivity index (χ0v) is 12.1. The molecule has 0 radical (unpaired) electrons. The highest BCUT2D eigenvalue weighted by atomic mass is 32.2. The van der Waals surface area contributed by atoms with E-state index in [0.717, 1.165) is 13.0 Å². The molecule has 0 saturated heterocycles. The number of nitrogens with one attached hydrogen (secondary N) is 1. The van der Waals surface area contributed by atoms with E-state index in [4.69, 9.17) is 5.26 Å². The first kappa shape index (κ1) is 15.6. The Morgan fingerprint density at radius 3 is 2.68 bits per heavy atom. The second kappa shape index (κ2) is 7.24. The second-order valence-electron chi connectivity index (χ2n) is 4.30. The first-order valence-electron chi connectivity index (χ1n) is 6.08. The Balaban J connectivity index is 2.76. The third-order valence-electron chi connectivity index (χ3n) is 2.85. The van der Waals surface area contributed by atoms with Crippen molar-refractivity contribution in [1.29, 1.82) is 5.26 Å². The molecule has 1 rings (SSSR count). The highest BCUT2D eigenvalue weighted by Gasteiger charge is 2.19. The van der Waals surface area contributed by atoms with Crippen molar-refractivity contribution in [1.82, 2.24) is 9.62 Å². The van der Waals surface area contributed by atoms with Gasteiger partial charge in [0.15, 0.2) is 0 Å². The van der Waals surface area contributed by atoms with Crippen molar-refractivity contribution in [2.24, 2.45) is 0 Å². The van der Waals surface area contributed by atoms with Gasteiger partial charge in [-0.3, -0.25) is 0 Å². The molecule has 6 heteroatoms. The van der Waals surface area contributed by atoms with Crippen LogP contribution in [0.3, 0.4) is 0 Å². The van der Waals surface area contributed by atoms with E-state index in [1.807, 2.05) is 13.1 Å². The van der Waals surface area contributed by atoms with E-state index in [9.17, 15) is 8.42 Å². The number of nitriles is 1. The maximum Gasteiger partial charge on any atom is 0.218 e. The van der Waals surface area contributed by atoms with E-state index >= 15 is 0 Å². The van der Waals surface area contributed by atoms with Crippen molar-refractivity contribution < 1.29 is 8.42 Å². The topological polar surface area (TPSA) is 73.2 Å². The summed E-state index contributed by atoms with van der Waals surface area (Å²) in [4.78, 5) is 0. The summed E-state index contributed by atoms with van der Waals surface area (Å²) >= 11 is 0. The fourth-order valence-corrected chi connectivity index (χ4v) is 2.95. The van der Waals surface area contributed by atoms with Crippen molar-refractivity contribution in [3.8, 4) is 6.07 Å². The average Bonchev–Trinajstić information content (AvgIpc) is 2.39. The van der Waals surface area contributed by atoms with Crippen LogP contribution in [0.2, 0.25) is 0 Å². The molecule has 1 aromatic rings. The molecule has 0 amide bonds. The lowest BCUT2D eigenvalue weighted by molar-refractivity contribution is 0.457. The molecule has 0 aromatic heterocycles. The smallest absolute Gasteiger partial charge is 0.218 e. The highest BCUT2D eigenvalue weighted by molar-refractivity contribution is 7.88. The van der Waals surface area contributed by atoms with Crippen LogP contribution in [-0.2, 0) is 15.8 Å². The summed E-state index contributed by atoms with van der Waals surface area (Å²) in [5.41, 5.74) is 0.958. The van der Waals surface area contributed by atoms with Gasteiger partial charge in [0.25, 0.3) is 0 Å². The van der Waals surface area contributed by atoms with E-state index < -0.39 is 10.0 Å². The Bertz CT molecular complexity index is 549. The molecule has 0 spiro atoms. The predicted octanol–water partition coefficient (Wildman–Crippen LogP) is 0.929. The molecular weight excluding hydrogens is 262 g/mol. The largest absolute Gasteiger partial charge is 0.320 e. The molecular formula is C13H19N3O2S. The highest BCUT2D eigenvalue weighted by Crippen LogP contribution is 2.13. The SMILES string of the molecule is CNCCCN(C)S(=O)(=O)Cc1ccccc1C#N. The van der Waals surface area contributed by atoms with Crippen LogP contribution >= 0.6 is 0 Å². The van der Waals surface area contributed by atoms with Gasteiger partial charge in [-0.25, -0.2) is 12.7 Å².